The zero-order valence-electron chi connectivity index (χ0n) is 23.0. The monoisotopic (exact) mass is 488 g/mol. The molecule has 0 aromatic rings. The van der Waals surface area contributed by atoms with Gasteiger partial charge in [-0.3, -0.25) is 4.57 Å². The summed E-state index contributed by atoms with van der Waals surface area (Å²) in [6.07, 6.45) is 28.9. The van der Waals surface area contributed by atoms with E-state index in [9.17, 15) is 9.46 Å². The van der Waals surface area contributed by atoms with E-state index in [4.69, 9.17) is 4.52 Å². The molecule has 0 radical (unpaired) electrons. The van der Waals surface area contributed by atoms with Crippen LogP contribution in [-0.4, -0.2) is 42.9 Å². The Morgan fingerprint density at radius 2 is 1.09 bits per heavy atom. The smallest absolute Gasteiger partial charge is 0.320 e. The maximum Gasteiger partial charge on any atom is 0.385 e. The van der Waals surface area contributed by atoms with Gasteiger partial charge in [-0.25, -0.2) is 0 Å². The second-order valence-electron chi connectivity index (χ2n) is 10.7. The number of rotatable bonds is 24. The number of quaternary nitrogens is 1. The Morgan fingerprint density at radius 3 is 1.45 bits per heavy atom. The molecule has 0 saturated heterocycles. The highest BCUT2D eigenvalue weighted by Gasteiger charge is 2.41. The first-order chi connectivity index (χ1) is 15.8. The highest BCUT2D eigenvalue weighted by Crippen LogP contribution is 2.51. The molecule has 0 heterocycles. The fraction of sp³-hybridized carbons (Fsp3) is 0.929. The van der Waals surface area contributed by atoms with Gasteiger partial charge >= 0.3 is 7.60 Å². The molecule has 0 bridgehead atoms. The van der Waals surface area contributed by atoms with E-state index in [1.807, 2.05) is 28.1 Å². The molecule has 0 aliphatic rings. The van der Waals surface area contributed by atoms with Crippen molar-refractivity contribution in [3.05, 3.63) is 12.2 Å². The molecule has 2 unspecified atom stereocenters. The first-order valence-corrected chi connectivity index (χ1v) is 15.8. The van der Waals surface area contributed by atoms with Crippen molar-refractivity contribution in [2.75, 3.05) is 27.7 Å². The van der Waals surface area contributed by atoms with E-state index < -0.39 is 7.60 Å². The molecule has 2 atom stereocenters. The Hall–Kier alpha value is -0.150. The van der Waals surface area contributed by atoms with Gasteiger partial charge in [0.15, 0.2) is 5.78 Å². The summed E-state index contributed by atoms with van der Waals surface area (Å²) >= 11 is 0. The van der Waals surface area contributed by atoms with Crippen LogP contribution in [0.15, 0.2) is 12.2 Å². The lowest BCUT2D eigenvalue weighted by Gasteiger charge is -2.35. The third kappa shape index (κ3) is 19.8. The topological polar surface area (TPSA) is 46.5 Å². The summed E-state index contributed by atoms with van der Waals surface area (Å²) in [6, 6.07) is 0. The lowest BCUT2D eigenvalue weighted by atomic mass is 10.0. The molecule has 5 heteroatoms. The summed E-state index contributed by atoms with van der Waals surface area (Å²) in [5.41, 5.74) is 0. The van der Waals surface area contributed by atoms with Crippen LogP contribution in [0.1, 0.15) is 136 Å². The van der Waals surface area contributed by atoms with Crippen LogP contribution >= 0.6 is 7.60 Å². The van der Waals surface area contributed by atoms with Crippen LogP contribution in [0.3, 0.4) is 0 Å². The van der Waals surface area contributed by atoms with Crippen molar-refractivity contribution in [1.82, 2.24) is 0 Å². The third-order valence-corrected chi connectivity index (χ3v) is 8.94. The molecule has 0 spiro atoms. The Bertz CT molecular complexity index is 502. The molecule has 0 saturated carbocycles. The lowest BCUT2D eigenvalue weighted by molar-refractivity contribution is -0.883. The predicted octanol–water partition coefficient (Wildman–Crippen LogP) is 9.23. The molecule has 0 aliphatic heterocycles. The highest BCUT2D eigenvalue weighted by atomic mass is 31.2. The van der Waals surface area contributed by atoms with Crippen molar-refractivity contribution < 1.29 is 18.5 Å². The lowest BCUT2D eigenvalue weighted by Crippen LogP contribution is -2.44. The van der Waals surface area contributed by atoms with E-state index in [-0.39, 0.29) is 5.78 Å². The zero-order valence-corrected chi connectivity index (χ0v) is 23.9. The average Bonchev–Trinajstić information content (AvgIpc) is 2.74. The molecule has 33 heavy (non-hydrogen) atoms. The first kappa shape index (κ1) is 32.8. The van der Waals surface area contributed by atoms with Crippen LogP contribution in [0.25, 0.3) is 0 Å². The van der Waals surface area contributed by atoms with E-state index in [1.54, 1.807) is 0 Å². The van der Waals surface area contributed by atoms with Crippen molar-refractivity contribution in [3.63, 3.8) is 0 Å². The minimum Gasteiger partial charge on any atom is -0.320 e. The maximum atomic E-state index is 12.5. The summed E-state index contributed by atoms with van der Waals surface area (Å²) in [7, 11) is 2.32. The van der Waals surface area contributed by atoms with Gasteiger partial charge in [0.1, 0.15) is 0 Å². The Morgan fingerprint density at radius 1 is 0.697 bits per heavy atom. The summed E-state index contributed by atoms with van der Waals surface area (Å²) in [6.45, 7) is 4.56. The molecule has 1 N–H and O–H groups in total. The van der Waals surface area contributed by atoms with Crippen molar-refractivity contribution in [3.8, 4) is 0 Å². The zero-order chi connectivity index (χ0) is 24.8. The SMILES string of the molecule is CCC=CCCCCCCCCCCCCCCCCCCOP(=O)(O)C(CC)[N+](C)(C)C. The average molecular weight is 489 g/mol. The first-order valence-electron chi connectivity index (χ1n) is 14.2. The van der Waals surface area contributed by atoms with Crippen LogP contribution in [0.2, 0.25) is 0 Å². The van der Waals surface area contributed by atoms with E-state index in [1.165, 1.54) is 103 Å². The second kappa shape index (κ2) is 21.2. The molecule has 4 nitrogen and oxygen atoms in total. The maximum absolute atomic E-state index is 12.5. The molecule has 0 aliphatic carbocycles. The van der Waals surface area contributed by atoms with Crippen molar-refractivity contribution >= 4 is 7.60 Å². The van der Waals surface area contributed by atoms with Crippen LogP contribution < -0.4 is 0 Å². The van der Waals surface area contributed by atoms with Crippen molar-refractivity contribution in [2.24, 2.45) is 0 Å². The standard InChI is InChI=1S/C28H58NO3P/c1-6-8-9-10-11-12-13-14-15-16-17-18-19-20-21-22-23-24-25-26-27-32-33(30,31)28(7-2)29(3,4)5/h8-9,28H,6-7,10-27H2,1-5H3/p+1. The summed E-state index contributed by atoms with van der Waals surface area (Å²) in [5, 5.41) is 0. The van der Waals surface area contributed by atoms with Gasteiger partial charge in [-0.1, -0.05) is 116 Å². The van der Waals surface area contributed by atoms with Gasteiger partial charge in [-0.2, -0.15) is 0 Å². The second-order valence-corrected chi connectivity index (χ2v) is 12.7. The van der Waals surface area contributed by atoms with Crippen LogP contribution in [0, 0.1) is 0 Å². The Kier molecular flexibility index (Phi) is 21.1. The van der Waals surface area contributed by atoms with Gasteiger partial charge in [0.05, 0.1) is 27.7 Å². The minimum atomic E-state index is -3.55. The largest absolute Gasteiger partial charge is 0.385 e. The highest BCUT2D eigenvalue weighted by molar-refractivity contribution is 7.53. The Labute approximate surface area is 207 Å². The molecule has 0 fully saturated rings. The van der Waals surface area contributed by atoms with Gasteiger partial charge in [-0.15, -0.1) is 0 Å². The number of nitrogens with zero attached hydrogens (tertiary/aromatic N) is 1. The summed E-state index contributed by atoms with van der Waals surface area (Å²) < 4.78 is 18.4. The third-order valence-electron chi connectivity index (χ3n) is 6.58. The van der Waals surface area contributed by atoms with Crippen molar-refractivity contribution in [2.45, 2.75) is 142 Å². The Balaban J connectivity index is 3.38. The fourth-order valence-electron chi connectivity index (χ4n) is 4.62. The van der Waals surface area contributed by atoms with Crippen molar-refractivity contribution in [1.29, 1.82) is 0 Å². The summed E-state index contributed by atoms with van der Waals surface area (Å²) in [4.78, 5) is 10.3. The van der Waals surface area contributed by atoms with Crippen LogP contribution in [0.5, 0.6) is 0 Å². The predicted molar refractivity (Wildman–Crippen MR) is 146 cm³/mol. The van der Waals surface area contributed by atoms with Gasteiger partial charge < -0.3 is 13.9 Å². The van der Waals surface area contributed by atoms with E-state index in [0.29, 0.717) is 17.5 Å². The van der Waals surface area contributed by atoms with Gasteiger partial charge in [0.2, 0.25) is 0 Å². The van der Waals surface area contributed by atoms with E-state index in [2.05, 4.69) is 19.1 Å². The van der Waals surface area contributed by atoms with Crippen LogP contribution in [0.4, 0.5) is 0 Å². The normalized spacial score (nSPS) is 15.2. The van der Waals surface area contributed by atoms with Gasteiger partial charge in [0, 0.05) is 6.42 Å². The molecule has 198 valence electrons. The van der Waals surface area contributed by atoms with Crippen LogP contribution in [-0.2, 0) is 9.09 Å². The molecule has 0 aromatic carbocycles. The fourth-order valence-corrected chi connectivity index (χ4v) is 6.52. The quantitative estimate of drug-likeness (QED) is 0.0637. The molecule has 0 amide bonds. The van der Waals surface area contributed by atoms with E-state index >= 15 is 0 Å². The number of unbranched alkanes of at least 4 members (excludes halogenated alkanes) is 16. The minimum absolute atomic E-state index is 0.347. The summed E-state index contributed by atoms with van der Waals surface area (Å²) in [5.74, 6) is -0.347. The van der Waals surface area contributed by atoms with E-state index in [0.717, 1.165) is 12.8 Å². The number of hydrogen-bond donors (Lipinski definition) is 1. The number of hydrogen-bond acceptors (Lipinski definition) is 2. The molecule has 0 aromatic heterocycles. The molecule has 0 rings (SSSR count). The van der Waals surface area contributed by atoms with Gasteiger partial charge in [-0.05, 0) is 25.7 Å². The number of allylic oxidation sites excluding steroid dienone is 2. The van der Waals surface area contributed by atoms with Gasteiger partial charge in [0.25, 0.3) is 0 Å². The molecular formula is C28H59NO3P+. The molecular weight excluding hydrogens is 429 g/mol.